The number of carboxylic acid groups (broad SMARTS) is 1. The molecular weight excluding hydrogens is 170 g/mol. The Balaban J connectivity index is 2.49. The molecule has 1 fully saturated rings. The number of hydrogen-bond donors (Lipinski definition) is 3. The lowest BCUT2D eigenvalue weighted by Crippen LogP contribution is -2.59. The number of aliphatic hydroxyl groups is 1. The van der Waals surface area contributed by atoms with Crippen molar-refractivity contribution in [1.29, 1.82) is 0 Å². The molecular formula is C9H17NO3. The highest BCUT2D eigenvalue weighted by Gasteiger charge is 2.50. The molecule has 1 saturated carbocycles. The first-order chi connectivity index (χ1) is 6.03. The summed E-state index contributed by atoms with van der Waals surface area (Å²) in [7, 11) is 1.79. The molecule has 1 unspecified atom stereocenters. The predicted molar refractivity (Wildman–Crippen MR) is 48.4 cm³/mol. The molecule has 1 aliphatic rings. The van der Waals surface area contributed by atoms with Gasteiger partial charge >= 0.3 is 5.97 Å². The van der Waals surface area contributed by atoms with Crippen molar-refractivity contribution >= 4 is 5.97 Å². The summed E-state index contributed by atoms with van der Waals surface area (Å²) < 4.78 is 0. The molecule has 0 aromatic heterocycles. The van der Waals surface area contributed by atoms with Gasteiger partial charge in [0.1, 0.15) is 0 Å². The Labute approximate surface area is 78.0 Å². The summed E-state index contributed by atoms with van der Waals surface area (Å²) in [6.45, 7) is 1.98. The van der Waals surface area contributed by atoms with Crippen LogP contribution in [0.4, 0.5) is 0 Å². The summed E-state index contributed by atoms with van der Waals surface area (Å²) in [6, 6.07) is 0.0168. The van der Waals surface area contributed by atoms with E-state index in [1.165, 1.54) is 0 Å². The van der Waals surface area contributed by atoms with Crippen molar-refractivity contribution in [3.63, 3.8) is 0 Å². The van der Waals surface area contributed by atoms with Crippen molar-refractivity contribution in [2.24, 2.45) is 5.92 Å². The maximum Gasteiger partial charge on any atom is 0.306 e. The average Bonchev–Trinajstić information content (AvgIpc) is 2.01. The number of rotatable bonds is 4. The van der Waals surface area contributed by atoms with E-state index in [0.717, 1.165) is 6.42 Å². The predicted octanol–water partition coefficient (Wildman–Crippen LogP) is 0.210. The third-order valence-electron chi connectivity index (χ3n) is 2.95. The zero-order chi connectivity index (χ0) is 10.1. The lowest BCUT2D eigenvalue weighted by atomic mass is 9.66. The van der Waals surface area contributed by atoms with Gasteiger partial charge in [0.25, 0.3) is 0 Å². The van der Waals surface area contributed by atoms with E-state index in [1.807, 2.05) is 6.92 Å². The molecule has 3 N–H and O–H groups in total. The van der Waals surface area contributed by atoms with E-state index in [0.29, 0.717) is 12.8 Å². The normalized spacial score (nSPS) is 35.2. The fourth-order valence-corrected chi connectivity index (χ4v) is 2.11. The molecule has 4 nitrogen and oxygen atoms in total. The number of likely N-dealkylation sites (N-methyl/N-ethyl adjacent to an activating group) is 1. The fourth-order valence-electron chi connectivity index (χ4n) is 2.11. The summed E-state index contributed by atoms with van der Waals surface area (Å²) in [4.78, 5) is 10.5. The van der Waals surface area contributed by atoms with Crippen LogP contribution < -0.4 is 5.32 Å². The largest absolute Gasteiger partial charge is 0.481 e. The van der Waals surface area contributed by atoms with Crippen molar-refractivity contribution in [1.82, 2.24) is 5.32 Å². The van der Waals surface area contributed by atoms with Gasteiger partial charge in [0, 0.05) is 6.04 Å². The zero-order valence-electron chi connectivity index (χ0n) is 8.08. The van der Waals surface area contributed by atoms with Crippen LogP contribution >= 0.6 is 0 Å². The van der Waals surface area contributed by atoms with Crippen LogP contribution in [0.5, 0.6) is 0 Å². The van der Waals surface area contributed by atoms with E-state index in [1.54, 1.807) is 7.05 Å². The molecule has 0 radical (unpaired) electrons. The third kappa shape index (κ3) is 1.84. The van der Waals surface area contributed by atoms with E-state index in [-0.39, 0.29) is 12.0 Å². The molecule has 1 atom stereocenters. The number of carboxylic acids is 1. The van der Waals surface area contributed by atoms with E-state index < -0.39 is 11.6 Å². The van der Waals surface area contributed by atoms with Gasteiger partial charge in [0.15, 0.2) is 0 Å². The van der Waals surface area contributed by atoms with Gasteiger partial charge in [-0.3, -0.25) is 4.79 Å². The third-order valence-corrected chi connectivity index (χ3v) is 2.95. The van der Waals surface area contributed by atoms with E-state index >= 15 is 0 Å². The van der Waals surface area contributed by atoms with E-state index in [9.17, 15) is 9.90 Å². The molecule has 0 spiro atoms. The van der Waals surface area contributed by atoms with Crippen molar-refractivity contribution < 1.29 is 15.0 Å². The van der Waals surface area contributed by atoms with Crippen LogP contribution in [0.1, 0.15) is 26.2 Å². The maximum absolute atomic E-state index is 10.5. The van der Waals surface area contributed by atoms with Crippen LogP contribution in [0.15, 0.2) is 0 Å². The monoisotopic (exact) mass is 187 g/mol. The Morgan fingerprint density at radius 3 is 2.54 bits per heavy atom. The minimum Gasteiger partial charge on any atom is -0.481 e. The van der Waals surface area contributed by atoms with Crippen molar-refractivity contribution in [3.05, 3.63) is 0 Å². The molecule has 76 valence electrons. The second kappa shape index (κ2) is 3.64. The number of carbonyl (C=O) groups is 1. The van der Waals surface area contributed by atoms with Gasteiger partial charge in [-0.15, -0.1) is 0 Å². The molecule has 0 bridgehead atoms. The molecule has 1 aliphatic carbocycles. The molecule has 0 aromatic rings. The highest BCUT2D eigenvalue weighted by Crippen LogP contribution is 2.41. The Morgan fingerprint density at radius 1 is 1.69 bits per heavy atom. The highest BCUT2D eigenvalue weighted by molar-refractivity contribution is 5.71. The molecule has 4 heteroatoms. The van der Waals surface area contributed by atoms with Gasteiger partial charge in [-0.05, 0) is 26.3 Å². The standard InChI is InChI=1S/C9H17NO3/c1-3-7(10-2)9(13)4-6(5-9)8(11)12/h6-7,10,13H,3-5H2,1-2H3,(H,11,12). The SMILES string of the molecule is CCC(NC)C1(O)CC(C(=O)O)C1. The fraction of sp³-hybridized carbons (Fsp3) is 0.889. The Morgan fingerprint density at radius 2 is 2.23 bits per heavy atom. The van der Waals surface area contributed by atoms with Crippen molar-refractivity contribution in [3.8, 4) is 0 Å². The van der Waals surface area contributed by atoms with Crippen molar-refractivity contribution in [2.45, 2.75) is 37.8 Å². The summed E-state index contributed by atoms with van der Waals surface area (Å²) in [6.07, 6.45) is 1.57. The van der Waals surface area contributed by atoms with Crippen LogP contribution in [-0.2, 0) is 4.79 Å². The van der Waals surface area contributed by atoms with Crippen LogP contribution in [-0.4, -0.2) is 34.9 Å². The summed E-state index contributed by atoms with van der Waals surface area (Å²) in [5.41, 5.74) is -0.799. The molecule has 0 saturated heterocycles. The quantitative estimate of drug-likeness (QED) is 0.588. The van der Waals surface area contributed by atoms with Crippen LogP contribution in [0, 0.1) is 5.92 Å². The van der Waals surface area contributed by atoms with Crippen molar-refractivity contribution in [2.75, 3.05) is 7.05 Å². The van der Waals surface area contributed by atoms with Crippen LogP contribution in [0.2, 0.25) is 0 Å². The summed E-state index contributed by atoms with van der Waals surface area (Å²) in [5, 5.41) is 21.6. The number of aliphatic carboxylic acids is 1. The van der Waals surface area contributed by atoms with Gasteiger partial charge < -0.3 is 15.5 Å². The average molecular weight is 187 g/mol. The Hall–Kier alpha value is -0.610. The van der Waals surface area contributed by atoms with Gasteiger partial charge in [-0.25, -0.2) is 0 Å². The maximum atomic E-state index is 10.5. The van der Waals surface area contributed by atoms with Gasteiger partial charge in [-0.2, -0.15) is 0 Å². The lowest BCUT2D eigenvalue weighted by Gasteiger charge is -2.46. The smallest absolute Gasteiger partial charge is 0.306 e. The Kier molecular flexibility index (Phi) is 2.93. The summed E-state index contributed by atoms with van der Waals surface area (Å²) in [5.74, 6) is -1.15. The summed E-state index contributed by atoms with van der Waals surface area (Å²) >= 11 is 0. The second-order valence-electron chi connectivity index (χ2n) is 3.80. The highest BCUT2D eigenvalue weighted by atomic mass is 16.4. The number of nitrogens with one attached hydrogen (secondary N) is 1. The molecule has 13 heavy (non-hydrogen) atoms. The van der Waals surface area contributed by atoms with E-state index in [2.05, 4.69) is 5.32 Å². The second-order valence-corrected chi connectivity index (χ2v) is 3.80. The van der Waals surface area contributed by atoms with Gasteiger partial charge in [0.05, 0.1) is 11.5 Å². The Bertz CT molecular complexity index is 195. The van der Waals surface area contributed by atoms with Gasteiger partial charge in [-0.1, -0.05) is 6.92 Å². The van der Waals surface area contributed by atoms with Crippen LogP contribution in [0.25, 0.3) is 0 Å². The first kappa shape index (κ1) is 10.5. The zero-order valence-corrected chi connectivity index (χ0v) is 8.08. The van der Waals surface area contributed by atoms with Gasteiger partial charge in [0.2, 0.25) is 0 Å². The topological polar surface area (TPSA) is 69.6 Å². The first-order valence-electron chi connectivity index (χ1n) is 4.66. The first-order valence-corrected chi connectivity index (χ1v) is 4.66. The molecule has 1 rings (SSSR count). The lowest BCUT2D eigenvalue weighted by molar-refractivity contribution is -0.162. The number of hydrogen-bond acceptors (Lipinski definition) is 3. The molecule has 0 amide bonds. The minimum absolute atomic E-state index is 0.0168. The molecule has 0 aliphatic heterocycles. The molecule has 0 heterocycles. The van der Waals surface area contributed by atoms with Crippen LogP contribution in [0.3, 0.4) is 0 Å². The molecule has 0 aromatic carbocycles. The minimum atomic E-state index is -0.799. The van der Waals surface area contributed by atoms with E-state index in [4.69, 9.17) is 5.11 Å².